The van der Waals surface area contributed by atoms with E-state index in [0.717, 1.165) is 26.2 Å². The Bertz CT molecular complexity index is 1320. The normalized spacial score (nSPS) is 11.3. The van der Waals surface area contributed by atoms with Crippen molar-refractivity contribution < 1.29 is 18.3 Å². The topological polar surface area (TPSA) is 15.5 Å². The molecule has 0 N–H and O–H groups in total. The van der Waals surface area contributed by atoms with Crippen molar-refractivity contribution in [2.45, 2.75) is 181 Å². The predicted molar refractivity (Wildman–Crippen MR) is 217 cm³/mol. The lowest BCUT2D eigenvalue weighted by Crippen LogP contribution is -2.35. The zero-order valence-corrected chi connectivity index (χ0v) is 33.4. The first-order valence-electron chi connectivity index (χ1n) is 21.7. The number of nitrogens with zero attached hydrogens (tertiary/aromatic N) is 4. The predicted octanol–water partition coefficient (Wildman–Crippen LogP) is 11.5. The fourth-order valence-electron chi connectivity index (χ4n) is 7.35. The Labute approximate surface area is 319 Å². The quantitative estimate of drug-likeness (QED) is 0.0395. The van der Waals surface area contributed by atoms with Crippen molar-refractivity contribution in [2.75, 3.05) is 0 Å². The van der Waals surface area contributed by atoms with Crippen LogP contribution in [0.3, 0.4) is 0 Å². The Morgan fingerprint density at radius 2 is 0.423 bits per heavy atom. The molecule has 0 fully saturated rings. The minimum absolute atomic E-state index is 1.05. The van der Waals surface area contributed by atoms with Crippen molar-refractivity contribution in [3.63, 3.8) is 0 Å². The maximum absolute atomic E-state index is 2.35. The molecule has 52 heavy (non-hydrogen) atoms. The Kier molecular flexibility index (Phi) is 21.0. The summed E-state index contributed by atoms with van der Waals surface area (Å²) in [6, 6.07) is 18.1. The molecule has 0 aliphatic heterocycles. The van der Waals surface area contributed by atoms with E-state index in [0.29, 0.717) is 0 Å². The van der Waals surface area contributed by atoms with E-state index in [2.05, 4.69) is 130 Å². The summed E-state index contributed by atoms with van der Waals surface area (Å²) < 4.78 is 9.34. The highest BCUT2D eigenvalue weighted by atomic mass is 14.9. The first-order chi connectivity index (χ1) is 25.7. The van der Waals surface area contributed by atoms with Gasteiger partial charge in [0.25, 0.3) is 0 Å². The molecule has 4 aromatic heterocycles. The van der Waals surface area contributed by atoms with Gasteiger partial charge in [0.05, 0.1) is 0 Å². The van der Waals surface area contributed by atoms with Gasteiger partial charge in [-0.15, -0.1) is 0 Å². The van der Waals surface area contributed by atoms with E-state index in [1.165, 1.54) is 164 Å². The highest BCUT2D eigenvalue weighted by Crippen LogP contribution is 2.18. The van der Waals surface area contributed by atoms with Crippen LogP contribution in [0, 0.1) is 0 Å². The monoisotopic (exact) mass is 707 g/mol. The Morgan fingerprint density at radius 1 is 0.250 bits per heavy atom. The minimum Gasteiger partial charge on any atom is -0.205 e. The van der Waals surface area contributed by atoms with Crippen LogP contribution in [0.4, 0.5) is 0 Å². The van der Waals surface area contributed by atoms with Crippen LogP contribution in [0.2, 0.25) is 0 Å². The average molecular weight is 707 g/mol. The molecule has 0 saturated heterocycles. The van der Waals surface area contributed by atoms with E-state index >= 15 is 0 Å². The van der Waals surface area contributed by atoms with E-state index in [-0.39, 0.29) is 0 Å². The Hall–Kier alpha value is -3.40. The van der Waals surface area contributed by atoms with Crippen LogP contribution in [0.15, 0.2) is 98.1 Å². The molecule has 0 aliphatic rings. The smallest absolute Gasteiger partial charge is 0.169 e. The van der Waals surface area contributed by atoms with Crippen molar-refractivity contribution in [1.82, 2.24) is 0 Å². The van der Waals surface area contributed by atoms with Gasteiger partial charge in [0.15, 0.2) is 49.6 Å². The number of aryl methyl sites for hydroxylation is 4. The number of pyridine rings is 4. The van der Waals surface area contributed by atoms with Gasteiger partial charge in [-0.2, -0.15) is 0 Å². The minimum atomic E-state index is 1.05. The van der Waals surface area contributed by atoms with Crippen LogP contribution in [-0.4, -0.2) is 0 Å². The summed E-state index contributed by atoms with van der Waals surface area (Å²) in [7, 11) is 0. The lowest BCUT2D eigenvalue weighted by Gasteiger charge is -2.03. The molecule has 4 heterocycles. The highest BCUT2D eigenvalue weighted by molar-refractivity contribution is 5.61. The molecule has 282 valence electrons. The van der Waals surface area contributed by atoms with Gasteiger partial charge in [0.1, 0.15) is 26.2 Å². The van der Waals surface area contributed by atoms with Crippen molar-refractivity contribution in [3.05, 3.63) is 98.1 Å². The second kappa shape index (κ2) is 26.4. The average Bonchev–Trinajstić information content (AvgIpc) is 3.19. The van der Waals surface area contributed by atoms with Crippen LogP contribution >= 0.6 is 0 Å². The van der Waals surface area contributed by atoms with E-state index in [1.54, 1.807) is 0 Å². The Balaban J connectivity index is 1.05. The van der Waals surface area contributed by atoms with Gasteiger partial charge in [-0.05, 0) is 35.1 Å². The van der Waals surface area contributed by atoms with Crippen molar-refractivity contribution in [2.24, 2.45) is 0 Å². The number of aromatic nitrogens is 4. The molecule has 4 aromatic rings. The molecule has 0 saturated carbocycles. The van der Waals surface area contributed by atoms with Crippen LogP contribution < -0.4 is 18.3 Å². The molecule has 0 aromatic carbocycles. The lowest BCUT2D eigenvalue weighted by atomic mass is 10.1. The van der Waals surface area contributed by atoms with E-state index < -0.39 is 0 Å². The number of unbranched alkanes of at least 4 members (excludes halogenated alkanes) is 19. The molecule has 4 nitrogen and oxygen atoms in total. The van der Waals surface area contributed by atoms with E-state index in [4.69, 9.17) is 0 Å². The first-order valence-corrected chi connectivity index (χ1v) is 21.7. The Morgan fingerprint density at radius 3 is 0.635 bits per heavy atom. The zero-order valence-electron chi connectivity index (χ0n) is 33.4. The van der Waals surface area contributed by atoms with Gasteiger partial charge in [-0.1, -0.05) is 117 Å². The van der Waals surface area contributed by atoms with Crippen molar-refractivity contribution >= 4 is 0 Å². The maximum Gasteiger partial charge on any atom is 0.169 e. The summed E-state index contributed by atoms with van der Waals surface area (Å²) in [6.45, 7) is 8.94. The van der Waals surface area contributed by atoms with Crippen LogP contribution in [-0.2, 0) is 26.2 Å². The van der Waals surface area contributed by atoms with Crippen LogP contribution in [0.5, 0.6) is 0 Å². The molecule has 4 rings (SSSR count). The van der Waals surface area contributed by atoms with Gasteiger partial charge in [-0.25, -0.2) is 18.3 Å². The summed E-state index contributed by atoms with van der Waals surface area (Å²) in [6.07, 6.45) is 48.1. The summed E-state index contributed by atoms with van der Waals surface area (Å²) in [5.41, 5.74) is 5.18. The van der Waals surface area contributed by atoms with E-state index in [1.807, 2.05) is 0 Å². The fourth-order valence-corrected chi connectivity index (χ4v) is 7.35. The number of hydrogen-bond acceptors (Lipinski definition) is 0. The summed E-state index contributed by atoms with van der Waals surface area (Å²) in [4.78, 5) is 0. The third kappa shape index (κ3) is 17.0. The fraction of sp³-hybridized carbons (Fsp3) is 0.583. The molecule has 0 aliphatic carbocycles. The number of rotatable bonds is 29. The summed E-state index contributed by atoms with van der Waals surface area (Å²) in [5.74, 6) is 0. The van der Waals surface area contributed by atoms with Gasteiger partial charge < -0.3 is 0 Å². The molecule has 0 unspecified atom stereocenters. The van der Waals surface area contributed by atoms with Gasteiger partial charge in [0, 0.05) is 74.2 Å². The van der Waals surface area contributed by atoms with Gasteiger partial charge >= 0.3 is 0 Å². The van der Waals surface area contributed by atoms with Crippen LogP contribution in [0.1, 0.15) is 155 Å². The van der Waals surface area contributed by atoms with Crippen molar-refractivity contribution in [1.29, 1.82) is 0 Å². The zero-order chi connectivity index (χ0) is 36.3. The standard InChI is InChI=1S/C48H74N4/c1-3-5-7-9-11-13-15-17-19-21-33-49-37-25-45(26-38-49)47-29-41-51(42-30-47)35-23-24-36-52-43-31-48(32-44-52)46-27-39-50(40-28-46)34-22-20-18-16-14-12-10-8-6-4-2/h25-32,37-44H,3-24,33-36H2,1-2H3/q+4. The van der Waals surface area contributed by atoms with Crippen molar-refractivity contribution in [3.8, 4) is 22.3 Å². The summed E-state index contributed by atoms with van der Waals surface area (Å²) in [5, 5.41) is 0. The SMILES string of the molecule is CCCCCCCCCCCC[n+]1ccc(-c2cc[n+](CCCC[n+]3ccc(-c4cc[n+](CCCCCCCCCCCC)cc4)cc3)cc2)cc1. The molecule has 0 radical (unpaired) electrons. The second-order valence-corrected chi connectivity index (χ2v) is 15.4. The number of hydrogen-bond donors (Lipinski definition) is 0. The van der Waals surface area contributed by atoms with E-state index in [9.17, 15) is 0 Å². The molecule has 0 amide bonds. The van der Waals surface area contributed by atoms with Crippen LogP contribution in [0.25, 0.3) is 22.3 Å². The third-order valence-electron chi connectivity index (χ3n) is 10.9. The third-order valence-corrected chi connectivity index (χ3v) is 10.9. The second-order valence-electron chi connectivity index (χ2n) is 15.4. The maximum atomic E-state index is 2.35. The summed E-state index contributed by atoms with van der Waals surface area (Å²) >= 11 is 0. The van der Waals surface area contributed by atoms with Gasteiger partial charge in [0.2, 0.25) is 0 Å². The molecule has 0 bridgehead atoms. The molecule has 0 spiro atoms. The largest absolute Gasteiger partial charge is 0.205 e. The first kappa shape index (κ1) is 41.4. The molecule has 4 heteroatoms. The highest BCUT2D eigenvalue weighted by Gasteiger charge is 2.09. The molecule has 0 atom stereocenters. The van der Waals surface area contributed by atoms with Gasteiger partial charge in [-0.3, -0.25) is 0 Å². The molecular formula is C48H74N4+4. The lowest BCUT2D eigenvalue weighted by molar-refractivity contribution is -0.708. The molecular weight excluding hydrogens is 633 g/mol.